The lowest BCUT2D eigenvalue weighted by atomic mass is 10.2. The van der Waals surface area contributed by atoms with Crippen LogP contribution in [-0.4, -0.2) is 34.0 Å². The van der Waals surface area contributed by atoms with E-state index in [4.69, 9.17) is 0 Å². The van der Waals surface area contributed by atoms with Crippen molar-refractivity contribution in [3.05, 3.63) is 18.7 Å². The lowest BCUT2D eigenvalue weighted by Crippen LogP contribution is -2.35. The number of nitrogens with one attached hydrogen (secondary N) is 1. The van der Waals surface area contributed by atoms with Crippen molar-refractivity contribution in [1.82, 2.24) is 14.9 Å². The van der Waals surface area contributed by atoms with E-state index < -0.39 is 0 Å². The number of urea groups is 1. The lowest BCUT2D eigenvalue weighted by Gasteiger charge is -2.20. The number of likely N-dealkylation sites (tertiary alicyclic amines) is 1. The molecule has 1 fully saturated rings. The Balaban J connectivity index is 1.92. The number of nitrogens with zero attached hydrogens (tertiary/aromatic N) is 3. The predicted molar refractivity (Wildman–Crippen MR) is 61.1 cm³/mol. The standard InChI is InChI=1S/C11H16N4O/c16-11(14-10-7-12-9-13-8-10)15-5-3-1-2-4-6-15/h7-9H,1-6H2,(H,14,16). The average Bonchev–Trinajstić information content (AvgIpc) is 2.59. The van der Waals surface area contributed by atoms with E-state index in [2.05, 4.69) is 15.3 Å². The second kappa shape index (κ2) is 5.44. The number of anilines is 1. The molecule has 5 nitrogen and oxygen atoms in total. The molecule has 0 unspecified atom stereocenters. The van der Waals surface area contributed by atoms with Crippen LogP contribution in [0.15, 0.2) is 18.7 Å². The van der Waals surface area contributed by atoms with Crippen LogP contribution < -0.4 is 5.32 Å². The second-order valence-electron chi connectivity index (χ2n) is 3.96. The molecular formula is C11H16N4O. The summed E-state index contributed by atoms with van der Waals surface area (Å²) in [4.78, 5) is 21.5. The Morgan fingerprint density at radius 2 is 1.75 bits per heavy atom. The Bertz CT molecular complexity index is 333. The van der Waals surface area contributed by atoms with Gasteiger partial charge in [-0.25, -0.2) is 14.8 Å². The van der Waals surface area contributed by atoms with E-state index in [-0.39, 0.29) is 6.03 Å². The van der Waals surface area contributed by atoms with Gasteiger partial charge in [-0.05, 0) is 12.8 Å². The Labute approximate surface area is 94.9 Å². The van der Waals surface area contributed by atoms with Crippen LogP contribution in [0.4, 0.5) is 10.5 Å². The molecule has 1 aromatic heterocycles. The monoisotopic (exact) mass is 220 g/mol. The Kier molecular flexibility index (Phi) is 3.69. The van der Waals surface area contributed by atoms with Gasteiger partial charge in [-0.3, -0.25) is 0 Å². The number of carbonyl (C=O) groups is 1. The number of hydrogen-bond acceptors (Lipinski definition) is 3. The molecule has 0 saturated carbocycles. The largest absolute Gasteiger partial charge is 0.325 e. The number of amides is 2. The molecule has 1 aliphatic heterocycles. The average molecular weight is 220 g/mol. The SMILES string of the molecule is O=C(Nc1cncnc1)N1CCCCCC1. The third-order valence-electron chi connectivity index (χ3n) is 2.71. The second-order valence-corrected chi connectivity index (χ2v) is 3.96. The summed E-state index contributed by atoms with van der Waals surface area (Å²) in [5.41, 5.74) is 0.650. The molecule has 2 amide bonds. The maximum atomic E-state index is 11.9. The molecule has 1 aromatic rings. The minimum atomic E-state index is -0.0447. The molecule has 0 radical (unpaired) electrons. The molecule has 5 heteroatoms. The fourth-order valence-electron chi connectivity index (χ4n) is 1.84. The maximum Gasteiger partial charge on any atom is 0.321 e. The van der Waals surface area contributed by atoms with E-state index in [1.165, 1.54) is 19.2 Å². The summed E-state index contributed by atoms with van der Waals surface area (Å²) in [6.45, 7) is 1.69. The predicted octanol–water partition coefficient (Wildman–Crippen LogP) is 1.88. The molecule has 1 aliphatic rings. The molecule has 1 saturated heterocycles. The summed E-state index contributed by atoms with van der Waals surface area (Å²) >= 11 is 0. The van der Waals surface area contributed by atoms with Gasteiger partial charge in [0.2, 0.25) is 0 Å². The molecule has 0 spiro atoms. The fourth-order valence-corrected chi connectivity index (χ4v) is 1.84. The summed E-state index contributed by atoms with van der Waals surface area (Å²) in [6, 6.07) is -0.0447. The summed E-state index contributed by atoms with van der Waals surface area (Å²) in [6.07, 6.45) is 9.28. The van der Waals surface area contributed by atoms with E-state index in [1.807, 2.05) is 4.90 Å². The number of carbonyl (C=O) groups excluding carboxylic acids is 1. The van der Waals surface area contributed by atoms with E-state index in [1.54, 1.807) is 12.4 Å². The van der Waals surface area contributed by atoms with Gasteiger partial charge in [0.1, 0.15) is 6.33 Å². The highest BCUT2D eigenvalue weighted by Gasteiger charge is 2.15. The summed E-state index contributed by atoms with van der Waals surface area (Å²) in [5.74, 6) is 0. The third-order valence-corrected chi connectivity index (χ3v) is 2.71. The molecule has 0 bridgehead atoms. The molecule has 86 valence electrons. The first-order valence-electron chi connectivity index (χ1n) is 5.67. The Hall–Kier alpha value is -1.65. The van der Waals surface area contributed by atoms with Gasteiger partial charge in [0, 0.05) is 13.1 Å². The first-order valence-corrected chi connectivity index (χ1v) is 5.67. The van der Waals surface area contributed by atoms with Crippen molar-refractivity contribution in [3.8, 4) is 0 Å². The van der Waals surface area contributed by atoms with Crippen LogP contribution in [-0.2, 0) is 0 Å². The van der Waals surface area contributed by atoms with E-state index in [0.29, 0.717) is 5.69 Å². The minimum Gasteiger partial charge on any atom is -0.325 e. The first kappa shape index (κ1) is 10.9. The van der Waals surface area contributed by atoms with Gasteiger partial charge < -0.3 is 10.2 Å². The van der Waals surface area contributed by atoms with Crippen LogP contribution >= 0.6 is 0 Å². The highest BCUT2D eigenvalue weighted by atomic mass is 16.2. The quantitative estimate of drug-likeness (QED) is 0.786. The van der Waals surface area contributed by atoms with Crippen molar-refractivity contribution in [1.29, 1.82) is 0 Å². The zero-order chi connectivity index (χ0) is 11.2. The summed E-state index contributed by atoms with van der Waals surface area (Å²) < 4.78 is 0. The zero-order valence-electron chi connectivity index (χ0n) is 9.22. The van der Waals surface area contributed by atoms with Crippen LogP contribution in [0.3, 0.4) is 0 Å². The molecule has 2 rings (SSSR count). The minimum absolute atomic E-state index is 0.0447. The van der Waals surface area contributed by atoms with Crippen LogP contribution in [0.5, 0.6) is 0 Å². The van der Waals surface area contributed by atoms with Crippen molar-refractivity contribution in [3.63, 3.8) is 0 Å². The summed E-state index contributed by atoms with van der Waals surface area (Å²) in [7, 11) is 0. The van der Waals surface area contributed by atoms with Gasteiger partial charge in [0.15, 0.2) is 0 Å². The normalized spacial score (nSPS) is 16.6. The molecule has 2 heterocycles. The number of rotatable bonds is 1. The van der Waals surface area contributed by atoms with Crippen LogP contribution in [0, 0.1) is 0 Å². The van der Waals surface area contributed by atoms with Crippen LogP contribution in [0.2, 0.25) is 0 Å². The highest BCUT2D eigenvalue weighted by Crippen LogP contribution is 2.11. The Morgan fingerprint density at radius 1 is 1.12 bits per heavy atom. The smallest absolute Gasteiger partial charge is 0.321 e. The van der Waals surface area contributed by atoms with Crippen molar-refractivity contribution in [2.75, 3.05) is 18.4 Å². The van der Waals surface area contributed by atoms with Crippen molar-refractivity contribution in [2.45, 2.75) is 25.7 Å². The maximum absolute atomic E-state index is 11.9. The van der Waals surface area contributed by atoms with Crippen LogP contribution in [0.25, 0.3) is 0 Å². The first-order chi connectivity index (χ1) is 7.86. The van der Waals surface area contributed by atoms with Crippen molar-refractivity contribution in [2.24, 2.45) is 0 Å². The van der Waals surface area contributed by atoms with Gasteiger partial charge in [-0.2, -0.15) is 0 Å². The molecule has 16 heavy (non-hydrogen) atoms. The molecule has 0 aromatic carbocycles. The van der Waals surface area contributed by atoms with Gasteiger partial charge in [0.25, 0.3) is 0 Å². The Morgan fingerprint density at radius 3 is 2.38 bits per heavy atom. The van der Waals surface area contributed by atoms with Gasteiger partial charge in [-0.15, -0.1) is 0 Å². The van der Waals surface area contributed by atoms with Crippen molar-refractivity contribution < 1.29 is 4.79 Å². The molecule has 0 aliphatic carbocycles. The van der Waals surface area contributed by atoms with Gasteiger partial charge in [-0.1, -0.05) is 12.8 Å². The highest BCUT2D eigenvalue weighted by molar-refractivity contribution is 5.88. The summed E-state index contributed by atoms with van der Waals surface area (Å²) in [5, 5.41) is 2.80. The zero-order valence-corrected chi connectivity index (χ0v) is 9.22. The molecule has 0 atom stereocenters. The number of hydrogen-bond donors (Lipinski definition) is 1. The van der Waals surface area contributed by atoms with E-state index in [9.17, 15) is 4.79 Å². The van der Waals surface area contributed by atoms with Crippen molar-refractivity contribution >= 4 is 11.7 Å². The van der Waals surface area contributed by atoms with E-state index >= 15 is 0 Å². The molecule has 1 N–H and O–H groups in total. The van der Waals surface area contributed by atoms with E-state index in [0.717, 1.165) is 25.9 Å². The topological polar surface area (TPSA) is 58.1 Å². The van der Waals surface area contributed by atoms with Gasteiger partial charge in [0.05, 0.1) is 18.1 Å². The van der Waals surface area contributed by atoms with Gasteiger partial charge >= 0.3 is 6.03 Å². The fraction of sp³-hybridized carbons (Fsp3) is 0.545. The third kappa shape index (κ3) is 2.92. The number of aromatic nitrogens is 2. The molecular weight excluding hydrogens is 204 g/mol. The van der Waals surface area contributed by atoms with Crippen LogP contribution in [0.1, 0.15) is 25.7 Å². The lowest BCUT2D eigenvalue weighted by molar-refractivity contribution is 0.213.